The van der Waals surface area contributed by atoms with E-state index in [4.69, 9.17) is 4.98 Å². The minimum Gasteiger partial charge on any atom is -0.480 e. The van der Waals surface area contributed by atoms with Gasteiger partial charge in [0, 0.05) is 30.6 Å². The molecule has 2 aliphatic rings. The number of carboxylic acid groups (broad SMARTS) is 1. The fraction of sp³-hybridized carbons (Fsp3) is 0.486. The summed E-state index contributed by atoms with van der Waals surface area (Å²) in [5.74, 6) is -0.168. The van der Waals surface area contributed by atoms with Crippen molar-refractivity contribution in [1.82, 2.24) is 14.8 Å². The highest BCUT2D eigenvalue weighted by molar-refractivity contribution is 7.11. The second kappa shape index (κ2) is 13.5. The highest BCUT2D eigenvalue weighted by Gasteiger charge is 2.36. The zero-order valence-electron chi connectivity index (χ0n) is 25.3. The number of aromatic nitrogens is 1. The Morgan fingerprint density at radius 1 is 1.14 bits per heavy atom. The molecule has 1 aliphatic heterocycles. The van der Waals surface area contributed by atoms with Crippen LogP contribution in [-0.2, 0) is 17.6 Å². The van der Waals surface area contributed by atoms with Crippen molar-refractivity contribution in [3.8, 4) is 0 Å². The van der Waals surface area contributed by atoms with Gasteiger partial charge in [-0.15, -0.1) is 11.3 Å². The Hall–Kier alpha value is -3.03. The molecular weight excluding hydrogens is 545 g/mol. The predicted molar refractivity (Wildman–Crippen MR) is 169 cm³/mol. The Bertz CT molecular complexity index is 1380. The molecule has 0 saturated carbocycles. The summed E-state index contributed by atoms with van der Waals surface area (Å²) in [6.45, 7) is 9.06. The molecule has 1 N–H and O–H groups in total. The number of halogens is 1. The maximum Gasteiger partial charge on any atom is 0.326 e. The van der Waals surface area contributed by atoms with Gasteiger partial charge in [-0.1, -0.05) is 69.3 Å². The number of carbonyl (C=O) groups is 1. The van der Waals surface area contributed by atoms with Gasteiger partial charge in [0.25, 0.3) is 0 Å². The molecule has 3 aromatic rings. The average molecular weight is 590 g/mol. The van der Waals surface area contributed by atoms with Crippen LogP contribution in [0.5, 0.6) is 0 Å². The van der Waals surface area contributed by atoms with E-state index >= 15 is 0 Å². The van der Waals surface area contributed by atoms with Crippen molar-refractivity contribution in [2.75, 3.05) is 26.7 Å². The number of carboxylic acids is 1. The van der Waals surface area contributed by atoms with E-state index in [1.165, 1.54) is 27.2 Å². The van der Waals surface area contributed by atoms with E-state index in [2.05, 4.69) is 48.2 Å². The smallest absolute Gasteiger partial charge is 0.326 e. The second-order valence-electron chi connectivity index (χ2n) is 12.3. The molecule has 1 saturated heterocycles. The largest absolute Gasteiger partial charge is 0.480 e. The van der Waals surface area contributed by atoms with E-state index in [9.17, 15) is 14.3 Å². The lowest BCUT2D eigenvalue weighted by atomic mass is 9.86. The summed E-state index contributed by atoms with van der Waals surface area (Å²) in [6.07, 6.45) is 7.08. The number of thiazole rings is 1. The molecule has 0 amide bonds. The Morgan fingerprint density at radius 3 is 2.52 bits per heavy atom. The number of benzene rings is 2. The quantitative estimate of drug-likeness (QED) is 0.254. The maximum atomic E-state index is 14.3. The summed E-state index contributed by atoms with van der Waals surface area (Å²) in [5, 5.41) is 11.1. The summed E-state index contributed by atoms with van der Waals surface area (Å²) < 4.78 is 14.3. The first kappa shape index (κ1) is 30.4. The number of likely N-dealkylation sites (tertiary alicyclic amines) is 1. The van der Waals surface area contributed by atoms with E-state index in [0.29, 0.717) is 5.92 Å². The van der Waals surface area contributed by atoms with Gasteiger partial charge in [0.2, 0.25) is 0 Å². The van der Waals surface area contributed by atoms with Gasteiger partial charge in [-0.2, -0.15) is 0 Å². The van der Waals surface area contributed by atoms with Gasteiger partial charge in [-0.3, -0.25) is 0 Å². The lowest BCUT2D eigenvalue weighted by Gasteiger charge is -2.34. The van der Waals surface area contributed by atoms with Crippen LogP contribution < -0.4 is 0 Å². The molecule has 5 nitrogen and oxygen atoms in total. The number of nitrogens with zero attached hydrogens (tertiary/aromatic N) is 3. The number of aryl methyl sites for hydroxylation is 1. The van der Waals surface area contributed by atoms with Gasteiger partial charge in [0.05, 0.1) is 10.7 Å². The SMILES string of the molecule is CCc1nc(Cc2ccccc2)sc1C1CCN(C[C@H]2C=C(N(C)[C@@H](C(=O)O)C(C)C)C[C@@H]2c2cccc(F)c2)CC1. The molecule has 7 heteroatoms. The third kappa shape index (κ3) is 6.95. The molecule has 2 aromatic carbocycles. The first-order chi connectivity index (χ1) is 20.2. The fourth-order valence-corrected chi connectivity index (χ4v) is 8.30. The molecule has 0 spiro atoms. The number of allylic oxidation sites excluding steroid dienone is 1. The lowest BCUT2D eigenvalue weighted by Crippen LogP contribution is -2.41. The zero-order chi connectivity index (χ0) is 29.8. The number of likely N-dealkylation sites (N-methyl/N-ethyl adjacent to an activating group) is 1. The van der Waals surface area contributed by atoms with Crippen LogP contribution in [0.15, 0.2) is 66.4 Å². The van der Waals surface area contributed by atoms with Gasteiger partial charge in [0.15, 0.2) is 0 Å². The Labute approximate surface area is 254 Å². The fourth-order valence-electron chi connectivity index (χ4n) is 6.94. The van der Waals surface area contributed by atoms with Crippen LogP contribution in [-0.4, -0.2) is 58.6 Å². The van der Waals surface area contributed by atoms with Crippen molar-refractivity contribution in [1.29, 1.82) is 0 Å². The molecule has 1 fully saturated rings. The van der Waals surface area contributed by atoms with Gasteiger partial charge in [-0.05, 0) is 85.7 Å². The number of hydrogen-bond donors (Lipinski definition) is 1. The van der Waals surface area contributed by atoms with Gasteiger partial charge in [-0.25, -0.2) is 14.2 Å². The van der Waals surface area contributed by atoms with Crippen molar-refractivity contribution < 1.29 is 14.3 Å². The molecule has 1 aliphatic carbocycles. The minimum absolute atomic E-state index is 0.0212. The van der Waals surface area contributed by atoms with Crippen molar-refractivity contribution >= 4 is 17.3 Å². The van der Waals surface area contributed by atoms with Crippen molar-refractivity contribution in [3.63, 3.8) is 0 Å². The molecule has 5 rings (SSSR count). The molecule has 2 heterocycles. The van der Waals surface area contributed by atoms with Crippen molar-refractivity contribution in [3.05, 3.63) is 98.9 Å². The first-order valence-electron chi connectivity index (χ1n) is 15.4. The molecule has 42 heavy (non-hydrogen) atoms. The van der Waals surface area contributed by atoms with Crippen LogP contribution in [0.25, 0.3) is 0 Å². The minimum atomic E-state index is -0.803. The van der Waals surface area contributed by atoms with Crippen LogP contribution in [0.4, 0.5) is 4.39 Å². The van der Waals surface area contributed by atoms with Gasteiger partial charge < -0.3 is 14.9 Å². The molecule has 0 bridgehead atoms. The lowest BCUT2D eigenvalue weighted by molar-refractivity contribution is -0.143. The first-order valence-corrected chi connectivity index (χ1v) is 16.2. The van der Waals surface area contributed by atoms with Crippen LogP contribution in [0.1, 0.15) is 78.6 Å². The normalized spacial score (nSPS) is 20.6. The summed E-state index contributed by atoms with van der Waals surface area (Å²) in [6, 6.07) is 17.0. The Balaban J connectivity index is 1.28. The monoisotopic (exact) mass is 589 g/mol. The summed E-state index contributed by atoms with van der Waals surface area (Å²) in [7, 11) is 1.90. The molecule has 0 radical (unpaired) electrons. The molecule has 3 atom stereocenters. The molecule has 0 unspecified atom stereocenters. The Kier molecular flexibility index (Phi) is 9.79. The van der Waals surface area contributed by atoms with E-state index in [0.717, 1.165) is 63.0 Å². The summed E-state index contributed by atoms with van der Waals surface area (Å²) in [4.78, 5) is 23.1. The standard InChI is InChI=1S/C35H44FN3O2S/c1-5-31-34(42-32(37-31)18-24-10-7-6-8-11-24)25-14-16-39(17-15-25)22-27-20-29(38(4)33(23(2)3)35(40)41)21-30(27)26-12-9-13-28(36)19-26/h6-13,19-20,23,25,27,30,33H,5,14-18,21-22H2,1-4H3,(H,40,41)/t27-,30-,33-/m1/s1. The third-order valence-electron chi connectivity index (χ3n) is 9.12. The van der Waals surface area contributed by atoms with Crippen LogP contribution >= 0.6 is 11.3 Å². The Morgan fingerprint density at radius 2 is 1.88 bits per heavy atom. The molecular formula is C35H44FN3O2S. The van der Waals surface area contributed by atoms with Crippen LogP contribution in [0.3, 0.4) is 0 Å². The number of aliphatic carboxylic acids is 1. The predicted octanol–water partition coefficient (Wildman–Crippen LogP) is 7.34. The average Bonchev–Trinajstić information content (AvgIpc) is 3.58. The second-order valence-corrected chi connectivity index (χ2v) is 13.5. The summed E-state index contributed by atoms with van der Waals surface area (Å²) >= 11 is 1.90. The third-order valence-corrected chi connectivity index (χ3v) is 10.4. The number of rotatable bonds is 11. The number of piperidine rings is 1. The maximum absolute atomic E-state index is 14.3. The van der Waals surface area contributed by atoms with E-state index in [1.807, 2.05) is 43.2 Å². The number of hydrogen-bond acceptors (Lipinski definition) is 5. The molecule has 1 aromatic heterocycles. The van der Waals surface area contributed by atoms with Gasteiger partial charge in [0.1, 0.15) is 11.9 Å². The van der Waals surface area contributed by atoms with Crippen molar-refractivity contribution in [2.24, 2.45) is 11.8 Å². The van der Waals surface area contributed by atoms with Gasteiger partial charge >= 0.3 is 5.97 Å². The topological polar surface area (TPSA) is 56.7 Å². The zero-order valence-corrected chi connectivity index (χ0v) is 26.1. The summed E-state index contributed by atoms with van der Waals surface area (Å²) in [5.41, 5.74) is 4.61. The van der Waals surface area contributed by atoms with Crippen LogP contribution in [0.2, 0.25) is 0 Å². The van der Waals surface area contributed by atoms with Crippen molar-refractivity contribution in [2.45, 2.75) is 70.8 Å². The van der Waals surface area contributed by atoms with E-state index in [-0.39, 0.29) is 23.6 Å². The van der Waals surface area contributed by atoms with E-state index < -0.39 is 12.0 Å². The van der Waals surface area contributed by atoms with Crippen LogP contribution in [0, 0.1) is 17.7 Å². The highest BCUT2D eigenvalue weighted by Crippen LogP contribution is 2.42. The van der Waals surface area contributed by atoms with E-state index in [1.54, 1.807) is 12.1 Å². The molecule has 224 valence electrons. The highest BCUT2D eigenvalue weighted by atomic mass is 32.1.